The lowest BCUT2D eigenvalue weighted by atomic mass is 10.0. The largest absolute Gasteiger partial charge is 0.444 e. The number of alkyl carbamates (subject to hydrolysis) is 1. The summed E-state index contributed by atoms with van der Waals surface area (Å²) < 4.78 is 5.41. The third-order valence-corrected chi connectivity index (χ3v) is 4.24. The molecule has 1 atom stereocenters. The molecule has 1 aromatic heterocycles. The monoisotopic (exact) mass is 482 g/mol. The predicted octanol–water partition coefficient (Wildman–Crippen LogP) is 7.41. The highest BCUT2D eigenvalue weighted by atomic mass is 16.6. The standard InChI is InChI=1S/C27H40N4O2.C2H6/c1-9-12-14-17-28-22(16-13-10-2)21(18-20(4)5)24-19-29-25(30-24)23(15-11-3)31-26(32)33-27(6,7)8;1-2/h9-14,16,18-20,23,28H,1,3,15,17H2,2,4-8H3,(H,29,30)(H,31,32);1-2H3/b13-10+,14-12-,21-18+,22-16+;. The highest BCUT2D eigenvalue weighted by molar-refractivity contribution is 5.77. The number of aromatic nitrogens is 2. The minimum absolute atomic E-state index is 0.315. The van der Waals surface area contributed by atoms with E-state index in [-0.39, 0.29) is 6.04 Å². The Morgan fingerprint density at radius 2 is 1.91 bits per heavy atom. The van der Waals surface area contributed by atoms with Gasteiger partial charge in [-0.1, -0.05) is 76.8 Å². The van der Waals surface area contributed by atoms with Gasteiger partial charge < -0.3 is 20.4 Å². The average Bonchev–Trinajstić information content (AvgIpc) is 3.27. The van der Waals surface area contributed by atoms with E-state index in [2.05, 4.69) is 53.7 Å². The maximum atomic E-state index is 12.3. The van der Waals surface area contributed by atoms with Crippen molar-refractivity contribution < 1.29 is 9.53 Å². The fourth-order valence-electron chi connectivity index (χ4n) is 2.93. The zero-order valence-electron chi connectivity index (χ0n) is 22.9. The van der Waals surface area contributed by atoms with Gasteiger partial charge in [0.25, 0.3) is 0 Å². The van der Waals surface area contributed by atoms with Crippen molar-refractivity contribution in [2.24, 2.45) is 5.92 Å². The first-order valence-corrected chi connectivity index (χ1v) is 12.3. The number of aromatic amines is 1. The number of amides is 1. The van der Waals surface area contributed by atoms with Crippen LogP contribution in [0.25, 0.3) is 5.57 Å². The van der Waals surface area contributed by atoms with E-state index < -0.39 is 11.7 Å². The molecule has 0 aliphatic rings. The smallest absolute Gasteiger partial charge is 0.408 e. The second-order valence-corrected chi connectivity index (χ2v) is 8.88. The van der Waals surface area contributed by atoms with Crippen LogP contribution in [0.1, 0.15) is 79.4 Å². The molecule has 194 valence electrons. The molecule has 0 aliphatic heterocycles. The van der Waals surface area contributed by atoms with E-state index in [1.807, 2.05) is 71.9 Å². The normalized spacial score (nSPS) is 13.4. The van der Waals surface area contributed by atoms with Crippen molar-refractivity contribution in [3.63, 3.8) is 0 Å². The minimum atomic E-state index is -0.581. The lowest BCUT2D eigenvalue weighted by Crippen LogP contribution is -2.35. The molecule has 6 heteroatoms. The van der Waals surface area contributed by atoms with E-state index >= 15 is 0 Å². The van der Waals surface area contributed by atoms with E-state index in [9.17, 15) is 4.79 Å². The first-order chi connectivity index (χ1) is 16.6. The maximum absolute atomic E-state index is 12.3. The van der Waals surface area contributed by atoms with Gasteiger partial charge >= 0.3 is 6.09 Å². The first kappa shape index (κ1) is 31.7. The van der Waals surface area contributed by atoms with Crippen LogP contribution in [-0.4, -0.2) is 28.2 Å². The van der Waals surface area contributed by atoms with Gasteiger partial charge in [0.2, 0.25) is 0 Å². The van der Waals surface area contributed by atoms with E-state index in [0.717, 1.165) is 17.0 Å². The number of hydrogen-bond donors (Lipinski definition) is 3. The Morgan fingerprint density at radius 1 is 1.23 bits per heavy atom. The lowest BCUT2D eigenvalue weighted by Gasteiger charge is -2.22. The van der Waals surface area contributed by atoms with Crippen LogP contribution >= 0.6 is 0 Å². The molecule has 0 saturated heterocycles. The van der Waals surface area contributed by atoms with Gasteiger partial charge in [-0.25, -0.2) is 9.78 Å². The maximum Gasteiger partial charge on any atom is 0.408 e. The lowest BCUT2D eigenvalue weighted by molar-refractivity contribution is 0.0502. The summed E-state index contributed by atoms with van der Waals surface area (Å²) in [6.45, 7) is 23.9. The number of nitrogens with one attached hydrogen (secondary N) is 3. The summed E-state index contributed by atoms with van der Waals surface area (Å²) in [4.78, 5) is 20.3. The predicted molar refractivity (Wildman–Crippen MR) is 150 cm³/mol. The second kappa shape index (κ2) is 17.2. The van der Waals surface area contributed by atoms with E-state index in [0.29, 0.717) is 24.7 Å². The molecule has 0 aliphatic carbocycles. The van der Waals surface area contributed by atoms with Crippen molar-refractivity contribution in [2.75, 3.05) is 6.54 Å². The molecule has 0 saturated carbocycles. The van der Waals surface area contributed by atoms with Gasteiger partial charge in [0, 0.05) is 17.8 Å². The third-order valence-electron chi connectivity index (χ3n) is 4.24. The van der Waals surface area contributed by atoms with Gasteiger partial charge in [-0.05, 0) is 46.1 Å². The van der Waals surface area contributed by atoms with Crippen molar-refractivity contribution in [2.45, 2.75) is 73.5 Å². The van der Waals surface area contributed by atoms with E-state index in [1.165, 1.54) is 0 Å². The zero-order chi connectivity index (χ0) is 26.9. The molecular formula is C29H46N4O2. The Morgan fingerprint density at radius 3 is 2.46 bits per heavy atom. The number of ether oxygens (including phenoxy) is 1. The van der Waals surface area contributed by atoms with Crippen LogP contribution in [0.4, 0.5) is 4.79 Å². The quantitative estimate of drug-likeness (QED) is 0.214. The average molecular weight is 483 g/mol. The molecule has 0 spiro atoms. The molecule has 0 fully saturated rings. The summed E-state index contributed by atoms with van der Waals surface area (Å²) >= 11 is 0. The van der Waals surface area contributed by atoms with Crippen LogP contribution in [-0.2, 0) is 4.74 Å². The van der Waals surface area contributed by atoms with Crippen LogP contribution in [0.3, 0.4) is 0 Å². The Hall–Kier alpha value is -3.28. The fourth-order valence-corrected chi connectivity index (χ4v) is 2.93. The fraction of sp³-hybridized carbons (Fsp3) is 0.448. The number of allylic oxidation sites excluding steroid dienone is 7. The zero-order valence-corrected chi connectivity index (χ0v) is 22.9. The summed E-state index contributed by atoms with van der Waals surface area (Å²) in [6, 6.07) is -0.377. The van der Waals surface area contributed by atoms with Gasteiger partial charge in [-0.2, -0.15) is 0 Å². The number of hydrogen-bond acceptors (Lipinski definition) is 4. The molecule has 1 aromatic rings. The minimum Gasteiger partial charge on any atom is -0.444 e. The summed E-state index contributed by atoms with van der Waals surface area (Å²) in [5, 5.41) is 6.36. The Bertz CT molecular complexity index is 896. The number of carbonyl (C=O) groups excluding carboxylic acids is 1. The molecule has 35 heavy (non-hydrogen) atoms. The molecule has 0 aromatic carbocycles. The topological polar surface area (TPSA) is 79.0 Å². The summed E-state index contributed by atoms with van der Waals surface area (Å²) in [7, 11) is 0. The van der Waals surface area contributed by atoms with Gasteiger partial charge in [0.05, 0.1) is 17.9 Å². The van der Waals surface area contributed by atoms with Crippen LogP contribution in [0.15, 0.2) is 73.7 Å². The molecule has 0 radical (unpaired) electrons. The van der Waals surface area contributed by atoms with Crippen molar-refractivity contribution in [3.05, 3.63) is 85.2 Å². The van der Waals surface area contributed by atoms with Crippen LogP contribution in [0.5, 0.6) is 0 Å². The first-order valence-electron chi connectivity index (χ1n) is 12.3. The molecule has 6 nitrogen and oxygen atoms in total. The van der Waals surface area contributed by atoms with Crippen molar-refractivity contribution in [1.82, 2.24) is 20.6 Å². The second-order valence-electron chi connectivity index (χ2n) is 8.88. The number of H-pyrrole nitrogens is 1. The van der Waals surface area contributed by atoms with Crippen LogP contribution < -0.4 is 10.6 Å². The van der Waals surface area contributed by atoms with Crippen LogP contribution in [0, 0.1) is 5.92 Å². The Labute approximate surface area is 213 Å². The molecule has 1 amide bonds. The SMILES string of the molecule is C=C/C=C\CNC(=C/C=C/C)/C(=C\C(C)C)c1cnc(C(CC=C)NC(=O)OC(C)(C)C)[nH]1.CC. The van der Waals surface area contributed by atoms with E-state index in [4.69, 9.17) is 4.74 Å². The van der Waals surface area contributed by atoms with Gasteiger partial charge in [0.15, 0.2) is 0 Å². The summed E-state index contributed by atoms with van der Waals surface area (Å²) in [6.07, 6.45) is 17.4. The summed E-state index contributed by atoms with van der Waals surface area (Å²) in [5.41, 5.74) is 2.24. The Balaban J connectivity index is 0.00000562. The number of rotatable bonds is 12. The number of imidazole rings is 1. The molecular weight excluding hydrogens is 436 g/mol. The third kappa shape index (κ3) is 13.3. The van der Waals surface area contributed by atoms with Gasteiger partial charge in [-0.15, -0.1) is 6.58 Å². The molecule has 0 bridgehead atoms. The highest BCUT2D eigenvalue weighted by Crippen LogP contribution is 2.25. The number of nitrogens with zero attached hydrogens (tertiary/aromatic N) is 1. The summed E-state index contributed by atoms with van der Waals surface area (Å²) in [5.74, 6) is 0.956. The van der Waals surface area contributed by atoms with Crippen molar-refractivity contribution >= 4 is 11.7 Å². The molecule has 1 rings (SSSR count). The molecule has 3 N–H and O–H groups in total. The molecule has 1 unspecified atom stereocenters. The highest BCUT2D eigenvalue weighted by Gasteiger charge is 2.22. The molecule has 1 heterocycles. The van der Waals surface area contributed by atoms with Crippen molar-refractivity contribution in [1.29, 1.82) is 0 Å². The van der Waals surface area contributed by atoms with Crippen molar-refractivity contribution in [3.8, 4) is 0 Å². The number of carbonyl (C=O) groups is 1. The van der Waals surface area contributed by atoms with Gasteiger partial charge in [0.1, 0.15) is 11.4 Å². The Kier molecular flexibility index (Phi) is 15.6. The van der Waals surface area contributed by atoms with E-state index in [1.54, 1.807) is 18.3 Å². The van der Waals surface area contributed by atoms with Crippen LogP contribution in [0.2, 0.25) is 0 Å². The van der Waals surface area contributed by atoms with Gasteiger partial charge in [-0.3, -0.25) is 0 Å².